The molecule has 2 aliphatic rings. The maximum atomic E-state index is 13.6. The molecule has 11 nitrogen and oxygen atoms in total. The molecule has 2 fully saturated rings. The summed E-state index contributed by atoms with van der Waals surface area (Å²) in [6.07, 6.45) is 6.18. The predicted octanol–water partition coefficient (Wildman–Crippen LogP) is 2.07. The zero-order valence-corrected chi connectivity index (χ0v) is 23.1. The summed E-state index contributed by atoms with van der Waals surface area (Å²) < 4.78 is 15.5. The second-order valence-electron chi connectivity index (χ2n) is 11.2. The molecule has 1 aliphatic heterocycles. The Labute approximate surface area is 224 Å². The molecule has 0 aromatic carbocycles. The molecule has 212 valence electrons. The zero-order chi connectivity index (χ0) is 27.9. The average Bonchev–Trinajstić information content (AvgIpc) is 3.48. The van der Waals surface area contributed by atoms with Crippen LogP contribution in [-0.4, -0.2) is 72.7 Å². The fourth-order valence-electron chi connectivity index (χ4n) is 4.91. The summed E-state index contributed by atoms with van der Waals surface area (Å²) in [5.74, 6) is -0.816. The van der Waals surface area contributed by atoms with E-state index >= 15 is 0 Å². The van der Waals surface area contributed by atoms with Crippen molar-refractivity contribution in [1.29, 1.82) is 0 Å². The minimum atomic E-state index is -1.06. The van der Waals surface area contributed by atoms with Crippen molar-refractivity contribution in [3.8, 4) is 0 Å². The van der Waals surface area contributed by atoms with Crippen LogP contribution in [0.25, 0.3) is 0 Å². The van der Waals surface area contributed by atoms with Crippen molar-refractivity contribution in [2.75, 3.05) is 20.3 Å². The van der Waals surface area contributed by atoms with Gasteiger partial charge in [0, 0.05) is 13.2 Å². The number of hydrogen-bond acceptors (Lipinski definition) is 8. The maximum Gasteiger partial charge on any atom is 0.274 e. The van der Waals surface area contributed by atoms with Gasteiger partial charge in [-0.05, 0) is 38.5 Å². The first-order valence-electron chi connectivity index (χ1n) is 13.5. The van der Waals surface area contributed by atoms with Crippen LogP contribution in [-0.2, 0) is 23.9 Å². The molecule has 1 aliphatic carbocycles. The highest BCUT2D eigenvalue weighted by Gasteiger charge is 2.50. The van der Waals surface area contributed by atoms with Gasteiger partial charge in [0.05, 0.1) is 19.3 Å². The number of aromatic nitrogens is 1. The van der Waals surface area contributed by atoms with Crippen LogP contribution in [0.15, 0.2) is 10.6 Å². The predicted molar refractivity (Wildman–Crippen MR) is 138 cm³/mol. The maximum absolute atomic E-state index is 13.6. The van der Waals surface area contributed by atoms with Crippen LogP contribution in [0.1, 0.15) is 82.0 Å². The molecule has 3 amide bonds. The van der Waals surface area contributed by atoms with Crippen LogP contribution in [0.2, 0.25) is 0 Å². The van der Waals surface area contributed by atoms with E-state index in [9.17, 15) is 19.2 Å². The number of epoxide rings is 1. The first-order chi connectivity index (χ1) is 18.0. The van der Waals surface area contributed by atoms with Crippen LogP contribution in [0.5, 0.6) is 0 Å². The van der Waals surface area contributed by atoms with E-state index in [2.05, 4.69) is 21.1 Å². The summed E-state index contributed by atoms with van der Waals surface area (Å²) in [4.78, 5) is 52.6. The summed E-state index contributed by atoms with van der Waals surface area (Å²) in [6.45, 7) is 7.59. The molecular weight excluding hydrogens is 492 g/mol. The second kappa shape index (κ2) is 13.3. The van der Waals surface area contributed by atoms with Crippen molar-refractivity contribution in [3.63, 3.8) is 0 Å². The molecule has 1 unspecified atom stereocenters. The summed E-state index contributed by atoms with van der Waals surface area (Å²) >= 11 is 0. The Morgan fingerprint density at radius 1 is 1.05 bits per heavy atom. The van der Waals surface area contributed by atoms with Gasteiger partial charge in [-0.25, -0.2) is 0 Å². The van der Waals surface area contributed by atoms with Gasteiger partial charge in [-0.2, -0.15) is 0 Å². The molecule has 0 radical (unpaired) electrons. The Hall–Kier alpha value is -2.79. The topological polar surface area (TPSA) is 152 Å². The lowest BCUT2D eigenvalue weighted by molar-refractivity contribution is -0.134. The van der Waals surface area contributed by atoms with E-state index in [4.69, 9.17) is 14.0 Å². The van der Waals surface area contributed by atoms with E-state index in [1.165, 1.54) is 13.2 Å². The molecule has 2 heterocycles. The Kier molecular flexibility index (Phi) is 10.4. The number of ether oxygens (including phenoxy) is 2. The van der Waals surface area contributed by atoms with Crippen LogP contribution in [0.3, 0.4) is 0 Å². The number of hydrogen-bond donors (Lipinski definition) is 3. The Morgan fingerprint density at radius 2 is 1.68 bits per heavy atom. The van der Waals surface area contributed by atoms with E-state index < -0.39 is 41.4 Å². The van der Waals surface area contributed by atoms with Crippen molar-refractivity contribution in [3.05, 3.63) is 17.5 Å². The van der Waals surface area contributed by atoms with Crippen LogP contribution >= 0.6 is 0 Å². The average molecular weight is 535 g/mol. The van der Waals surface area contributed by atoms with Crippen LogP contribution < -0.4 is 16.0 Å². The van der Waals surface area contributed by atoms with Crippen molar-refractivity contribution in [2.24, 2.45) is 11.8 Å². The molecule has 1 aromatic rings. The Balaban J connectivity index is 1.74. The molecule has 0 bridgehead atoms. The number of Topliss-reactive ketones (excluding diaryl/α,β-unsaturated/α-hetero) is 1. The fourth-order valence-corrected chi connectivity index (χ4v) is 4.91. The Morgan fingerprint density at radius 3 is 2.24 bits per heavy atom. The lowest BCUT2D eigenvalue weighted by atomic mass is 9.84. The summed E-state index contributed by atoms with van der Waals surface area (Å²) in [6, 6.07) is -1.18. The number of nitrogens with zero attached hydrogens (tertiary/aromatic N) is 1. The summed E-state index contributed by atoms with van der Waals surface area (Å²) in [5.41, 5.74) is -0.832. The van der Waals surface area contributed by atoms with E-state index in [0.717, 1.165) is 32.1 Å². The minimum Gasteiger partial charge on any atom is -0.382 e. The first-order valence-corrected chi connectivity index (χ1v) is 13.5. The summed E-state index contributed by atoms with van der Waals surface area (Å²) in [5, 5.41) is 12.0. The minimum absolute atomic E-state index is 0.0405. The van der Waals surface area contributed by atoms with Crippen LogP contribution in [0, 0.1) is 18.8 Å². The van der Waals surface area contributed by atoms with Gasteiger partial charge in [0.1, 0.15) is 23.4 Å². The van der Waals surface area contributed by atoms with Crippen LogP contribution in [0.4, 0.5) is 0 Å². The monoisotopic (exact) mass is 534 g/mol. The molecule has 4 atom stereocenters. The van der Waals surface area contributed by atoms with Crippen molar-refractivity contribution in [2.45, 2.75) is 96.4 Å². The fraction of sp³-hybridized carbons (Fsp3) is 0.741. The molecular formula is C27H42N4O7. The molecule has 3 N–H and O–H groups in total. The van der Waals surface area contributed by atoms with Gasteiger partial charge in [0.2, 0.25) is 11.8 Å². The number of nitrogens with one attached hydrogen (secondary N) is 3. The van der Waals surface area contributed by atoms with Crippen molar-refractivity contribution in [1.82, 2.24) is 21.1 Å². The first kappa shape index (κ1) is 29.8. The van der Waals surface area contributed by atoms with Gasteiger partial charge in [-0.1, -0.05) is 51.1 Å². The highest BCUT2D eigenvalue weighted by Crippen LogP contribution is 2.30. The normalized spacial score (nSPS) is 21.8. The third-order valence-corrected chi connectivity index (χ3v) is 7.18. The highest BCUT2D eigenvalue weighted by atomic mass is 16.6. The molecule has 0 spiro atoms. The summed E-state index contributed by atoms with van der Waals surface area (Å²) in [7, 11) is 1.42. The third kappa shape index (κ3) is 8.36. The van der Waals surface area contributed by atoms with Crippen molar-refractivity contribution >= 4 is 23.5 Å². The van der Waals surface area contributed by atoms with Gasteiger partial charge in [0.25, 0.3) is 5.91 Å². The number of rotatable bonds is 14. The van der Waals surface area contributed by atoms with E-state index in [-0.39, 0.29) is 29.9 Å². The number of carbonyl (C=O) groups is 4. The second-order valence-corrected chi connectivity index (χ2v) is 11.2. The van der Waals surface area contributed by atoms with Gasteiger partial charge < -0.3 is 29.9 Å². The van der Waals surface area contributed by atoms with Crippen molar-refractivity contribution < 1.29 is 33.2 Å². The number of ketones is 1. The van der Waals surface area contributed by atoms with Gasteiger partial charge >= 0.3 is 0 Å². The standard InChI is InChI=1S/C27H42N4O7/c1-16(2)11-19(23(32)27(4)15-37-27)28-24(33)20(13-18-9-7-6-8-10-18)29-26(35)22(14-36-5)30-25(34)21-12-17(3)38-31-21/h12,16,18-20,22H,6-11,13-15H2,1-5H3,(H,28,33)(H,29,35)(H,30,34)/t19?,20-,22-,27+/m0/s1. The van der Waals surface area contributed by atoms with Gasteiger partial charge in [-0.15, -0.1) is 0 Å². The molecule has 38 heavy (non-hydrogen) atoms. The third-order valence-electron chi connectivity index (χ3n) is 7.18. The number of carbonyl (C=O) groups excluding carboxylic acids is 4. The van der Waals surface area contributed by atoms with E-state index in [1.807, 2.05) is 13.8 Å². The highest BCUT2D eigenvalue weighted by molar-refractivity contribution is 5.99. The molecule has 3 rings (SSSR count). The molecule has 1 saturated heterocycles. The Bertz CT molecular complexity index is 982. The molecule has 1 saturated carbocycles. The number of amides is 3. The smallest absolute Gasteiger partial charge is 0.274 e. The zero-order valence-electron chi connectivity index (χ0n) is 23.1. The lowest BCUT2D eigenvalue weighted by Gasteiger charge is -2.29. The van der Waals surface area contributed by atoms with E-state index in [0.29, 0.717) is 25.2 Å². The molecule has 1 aromatic heterocycles. The van der Waals surface area contributed by atoms with Gasteiger partial charge in [-0.3, -0.25) is 19.2 Å². The molecule has 11 heteroatoms. The number of methoxy groups -OCH3 is 1. The van der Waals surface area contributed by atoms with Gasteiger partial charge in [0.15, 0.2) is 11.5 Å². The largest absolute Gasteiger partial charge is 0.382 e. The van der Waals surface area contributed by atoms with E-state index in [1.54, 1.807) is 13.8 Å². The lowest BCUT2D eigenvalue weighted by Crippen LogP contribution is -2.58. The number of aryl methyl sites for hydroxylation is 1. The quantitative estimate of drug-likeness (QED) is 0.307. The SMILES string of the molecule is COC[C@H](NC(=O)c1cc(C)on1)C(=O)N[C@@H](CC1CCCCC1)C(=O)NC(CC(C)C)C(=O)[C@@]1(C)CO1.